The average Bonchev–Trinajstić information content (AvgIpc) is 2.47. The van der Waals surface area contributed by atoms with Crippen LogP contribution in [-0.2, 0) is 13.0 Å². The molecule has 0 aliphatic rings. The van der Waals surface area contributed by atoms with Gasteiger partial charge in [-0.3, -0.25) is 0 Å². The third-order valence-corrected chi connectivity index (χ3v) is 2.40. The highest BCUT2D eigenvalue weighted by Crippen LogP contribution is 2.09. The van der Waals surface area contributed by atoms with Gasteiger partial charge < -0.3 is 10.3 Å². The van der Waals surface area contributed by atoms with E-state index in [4.69, 9.17) is 5.73 Å². The quantitative estimate of drug-likeness (QED) is 0.766. The van der Waals surface area contributed by atoms with Crippen LogP contribution in [0.3, 0.4) is 0 Å². The molecule has 0 aliphatic carbocycles. The van der Waals surface area contributed by atoms with Gasteiger partial charge in [0.1, 0.15) is 0 Å². The van der Waals surface area contributed by atoms with E-state index >= 15 is 0 Å². The summed E-state index contributed by atoms with van der Waals surface area (Å²) in [7, 11) is 0. The van der Waals surface area contributed by atoms with E-state index in [1.54, 1.807) is 0 Å². The summed E-state index contributed by atoms with van der Waals surface area (Å²) in [5.74, 6) is 0.764. The first kappa shape index (κ1) is 11.3. The molecule has 0 fully saturated rings. The van der Waals surface area contributed by atoms with Crippen LogP contribution in [0, 0.1) is 5.92 Å². The molecule has 0 aromatic carbocycles. The molecule has 0 saturated carbocycles. The minimum atomic E-state index is 0.252. The van der Waals surface area contributed by atoms with Gasteiger partial charge in [0.05, 0.1) is 0 Å². The lowest BCUT2D eigenvalue weighted by molar-refractivity contribution is 0.504. The van der Waals surface area contributed by atoms with E-state index in [1.807, 2.05) is 0 Å². The standard InChI is InChI=1S/C12H22N2/c1-10(2)6-8-14-7-4-5-12(14)9-11(3)13/h4-5,7,10-11H,6,8-9,13H2,1-3H3. The van der Waals surface area contributed by atoms with Gasteiger partial charge in [0.2, 0.25) is 0 Å². The van der Waals surface area contributed by atoms with Crippen LogP contribution in [0.1, 0.15) is 32.9 Å². The second-order valence-electron chi connectivity index (χ2n) is 4.56. The van der Waals surface area contributed by atoms with Crippen LogP contribution in [-0.4, -0.2) is 10.6 Å². The van der Waals surface area contributed by atoms with Crippen molar-refractivity contribution in [2.75, 3.05) is 0 Å². The first-order valence-electron chi connectivity index (χ1n) is 5.49. The van der Waals surface area contributed by atoms with Crippen molar-refractivity contribution in [2.45, 2.75) is 46.2 Å². The number of nitrogens with zero attached hydrogens (tertiary/aromatic N) is 1. The average molecular weight is 194 g/mol. The van der Waals surface area contributed by atoms with Crippen LogP contribution in [0.15, 0.2) is 18.3 Å². The highest BCUT2D eigenvalue weighted by Gasteiger charge is 2.04. The monoisotopic (exact) mass is 194 g/mol. The van der Waals surface area contributed by atoms with Crippen molar-refractivity contribution in [1.29, 1.82) is 0 Å². The van der Waals surface area contributed by atoms with Crippen molar-refractivity contribution in [3.05, 3.63) is 24.0 Å². The fourth-order valence-corrected chi connectivity index (χ4v) is 1.58. The molecule has 80 valence electrons. The second kappa shape index (κ2) is 5.20. The summed E-state index contributed by atoms with van der Waals surface area (Å²) in [5.41, 5.74) is 7.16. The van der Waals surface area contributed by atoms with Crippen LogP contribution < -0.4 is 5.73 Å². The van der Waals surface area contributed by atoms with Crippen LogP contribution in [0.5, 0.6) is 0 Å². The lowest BCUT2D eigenvalue weighted by Gasteiger charge is -2.12. The molecule has 0 saturated heterocycles. The molecular weight excluding hydrogens is 172 g/mol. The maximum absolute atomic E-state index is 5.80. The Bertz CT molecular complexity index is 261. The van der Waals surface area contributed by atoms with Crippen LogP contribution >= 0.6 is 0 Å². The lowest BCUT2D eigenvalue weighted by atomic mass is 10.1. The van der Waals surface area contributed by atoms with E-state index in [1.165, 1.54) is 12.1 Å². The molecule has 2 heteroatoms. The van der Waals surface area contributed by atoms with Crippen molar-refractivity contribution in [2.24, 2.45) is 11.7 Å². The van der Waals surface area contributed by atoms with Crippen molar-refractivity contribution < 1.29 is 0 Å². The molecule has 2 N–H and O–H groups in total. The molecular formula is C12H22N2. The summed E-state index contributed by atoms with van der Waals surface area (Å²) in [4.78, 5) is 0. The summed E-state index contributed by atoms with van der Waals surface area (Å²) < 4.78 is 2.32. The maximum Gasteiger partial charge on any atom is 0.0224 e. The molecule has 1 unspecified atom stereocenters. The van der Waals surface area contributed by atoms with Gasteiger partial charge in [0.15, 0.2) is 0 Å². The van der Waals surface area contributed by atoms with E-state index in [-0.39, 0.29) is 6.04 Å². The van der Waals surface area contributed by atoms with E-state index in [2.05, 4.69) is 43.7 Å². The fourth-order valence-electron chi connectivity index (χ4n) is 1.58. The predicted octanol–water partition coefficient (Wildman–Crippen LogP) is 2.42. The first-order valence-corrected chi connectivity index (χ1v) is 5.49. The molecule has 0 spiro atoms. The van der Waals surface area contributed by atoms with E-state index in [0.717, 1.165) is 18.9 Å². The third-order valence-electron chi connectivity index (χ3n) is 2.40. The molecule has 0 amide bonds. The first-order chi connectivity index (χ1) is 6.59. The number of hydrogen-bond acceptors (Lipinski definition) is 1. The Balaban J connectivity index is 2.53. The van der Waals surface area contributed by atoms with E-state index in [0.29, 0.717) is 0 Å². The lowest BCUT2D eigenvalue weighted by Crippen LogP contribution is -2.20. The zero-order valence-electron chi connectivity index (χ0n) is 9.53. The molecule has 14 heavy (non-hydrogen) atoms. The highest BCUT2D eigenvalue weighted by molar-refractivity contribution is 5.08. The Morgan fingerprint density at radius 1 is 1.36 bits per heavy atom. The minimum Gasteiger partial charge on any atom is -0.351 e. The van der Waals surface area contributed by atoms with Crippen LogP contribution in [0.4, 0.5) is 0 Å². The Morgan fingerprint density at radius 3 is 2.64 bits per heavy atom. The molecule has 0 aliphatic heterocycles. The second-order valence-corrected chi connectivity index (χ2v) is 4.56. The van der Waals surface area contributed by atoms with Gasteiger partial charge in [-0.2, -0.15) is 0 Å². The van der Waals surface area contributed by atoms with Gasteiger partial charge in [-0.25, -0.2) is 0 Å². The largest absolute Gasteiger partial charge is 0.351 e. The number of aromatic nitrogens is 1. The fraction of sp³-hybridized carbons (Fsp3) is 0.667. The Kier molecular flexibility index (Phi) is 4.21. The summed E-state index contributed by atoms with van der Waals surface area (Å²) in [6.07, 6.45) is 4.37. The van der Waals surface area contributed by atoms with Gasteiger partial charge in [0.25, 0.3) is 0 Å². The van der Waals surface area contributed by atoms with Gasteiger partial charge in [-0.1, -0.05) is 13.8 Å². The van der Waals surface area contributed by atoms with E-state index < -0.39 is 0 Å². The van der Waals surface area contributed by atoms with Crippen molar-refractivity contribution in [3.8, 4) is 0 Å². The van der Waals surface area contributed by atoms with Crippen molar-refractivity contribution in [1.82, 2.24) is 4.57 Å². The van der Waals surface area contributed by atoms with Gasteiger partial charge in [-0.05, 0) is 31.4 Å². The summed E-state index contributed by atoms with van der Waals surface area (Å²) in [6.45, 7) is 7.69. The molecule has 1 atom stereocenters. The SMILES string of the molecule is CC(C)CCn1cccc1CC(C)N. The predicted molar refractivity (Wildman–Crippen MR) is 61.2 cm³/mol. The molecule has 0 radical (unpaired) electrons. The number of nitrogens with two attached hydrogens (primary N) is 1. The third kappa shape index (κ3) is 3.54. The minimum absolute atomic E-state index is 0.252. The summed E-state index contributed by atoms with van der Waals surface area (Å²) in [6, 6.07) is 4.53. The Hall–Kier alpha value is -0.760. The number of rotatable bonds is 5. The molecule has 1 aromatic heterocycles. The van der Waals surface area contributed by atoms with Crippen molar-refractivity contribution in [3.63, 3.8) is 0 Å². The van der Waals surface area contributed by atoms with Gasteiger partial charge in [-0.15, -0.1) is 0 Å². The zero-order valence-corrected chi connectivity index (χ0v) is 9.53. The summed E-state index contributed by atoms with van der Waals surface area (Å²) in [5, 5.41) is 0. The van der Waals surface area contributed by atoms with Crippen LogP contribution in [0.2, 0.25) is 0 Å². The summed E-state index contributed by atoms with van der Waals surface area (Å²) >= 11 is 0. The molecule has 0 bridgehead atoms. The Morgan fingerprint density at radius 2 is 2.07 bits per heavy atom. The topological polar surface area (TPSA) is 30.9 Å². The van der Waals surface area contributed by atoms with Gasteiger partial charge in [0, 0.05) is 30.9 Å². The smallest absolute Gasteiger partial charge is 0.0224 e. The Labute approximate surface area is 87.1 Å². The maximum atomic E-state index is 5.80. The van der Waals surface area contributed by atoms with E-state index in [9.17, 15) is 0 Å². The number of hydrogen-bond donors (Lipinski definition) is 1. The molecule has 1 heterocycles. The number of aryl methyl sites for hydroxylation is 1. The highest BCUT2D eigenvalue weighted by atomic mass is 15.0. The molecule has 2 nitrogen and oxygen atoms in total. The normalized spacial score (nSPS) is 13.5. The molecule has 1 rings (SSSR count). The van der Waals surface area contributed by atoms with Crippen molar-refractivity contribution >= 4 is 0 Å². The van der Waals surface area contributed by atoms with Crippen LogP contribution in [0.25, 0.3) is 0 Å². The molecule has 1 aromatic rings. The van der Waals surface area contributed by atoms with Gasteiger partial charge >= 0.3 is 0 Å². The zero-order chi connectivity index (χ0) is 10.6.